The average molecular weight is 376 g/mol. The molecule has 2 aliphatic rings. The third-order valence-electron chi connectivity index (χ3n) is 5.03. The summed E-state index contributed by atoms with van der Waals surface area (Å²) in [5.74, 6) is 1.45. The topological polar surface area (TPSA) is 78.7 Å². The third kappa shape index (κ3) is 4.13. The molecule has 2 aliphatic heterocycles. The Morgan fingerprint density at radius 2 is 2.04 bits per heavy atom. The maximum atomic E-state index is 12.5. The molecular weight excluding hydrogens is 352 g/mol. The lowest BCUT2D eigenvalue weighted by Gasteiger charge is -2.21. The smallest absolute Gasteiger partial charge is 0.290 e. The van der Waals surface area contributed by atoms with E-state index in [1.54, 1.807) is 11.3 Å². The Morgan fingerprint density at radius 1 is 1.35 bits per heavy atom. The van der Waals surface area contributed by atoms with Crippen LogP contribution in [0.2, 0.25) is 0 Å². The zero-order valence-corrected chi connectivity index (χ0v) is 15.6. The fraction of sp³-hybridized carbons (Fsp3) is 0.500. The van der Waals surface area contributed by atoms with Gasteiger partial charge in [0.15, 0.2) is 0 Å². The van der Waals surface area contributed by atoms with E-state index in [0.29, 0.717) is 11.8 Å². The summed E-state index contributed by atoms with van der Waals surface area (Å²) in [5, 5.41) is 15.2. The van der Waals surface area contributed by atoms with Crippen molar-refractivity contribution in [2.24, 2.45) is 11.8 Å². The molecule has 8 heteroatoms. The summed E-state index contributed by atoms with van der Waals surface area (Å²) in [6, 6.07) is 1.93. The second-order valence-electron chi connectivity index (χ2n) is 6.75. The first-order valence-corrected chi connectivity index (χ1v) is 9.71. The molecule has 1 N–H and O–H groups in total. The minimum absolute atomic E-state index is 0.205. The van der Waals surface area contributed by atoms with Gasteiger partial charge in [0.2, 0.25) is 0 Å². The number of thiophene rings is 1. The lowest BCUT2D eigenvalue weighted by molar-refractivity contribution is -0.122. The lowest BCUT2D eigenvalue weighted by atomic mass is 10.0. The van der Waals surface area contributed by atoms with Gasteiger partial charge in [0, 0.05) is 56.4 Å². The minimum Gasteiger partial charge on any atom is -0.483 e. The molecule has 140 valence electrons. The fourth-order valence-electron chi connectivity index (χ4n) is 3.87. The van der Waals surface area contributed by atoms with Crippen molar-refractivity contribution >= 4 is 23.7 Å². The number of hydrogen-bond acceptors (Lipinski definition) is 5. The molecule has 2 fully saturated rings. The van der Waals surface area contributed by atoms with Gasteiger partial charge in [0.1, 0.15) is 0 Å². The van der Waals surface area contributed by atoms with E-state index in [2.05, 4.69) is 23.1 Å². The van der Waals surface area contributed by atoms with Crippen molar-refractivity contribution in [2.75, 3.05) is 26.2 Å². The zero-order valence-electron chi connectivity index (χ0n) is 14.8. The number of hydrogen-bond donors (Lipinski definition) is 1. The molecule has 0 aromatic carbocycles. The molecule has 0 radical (unpaired) electrons. The van der Waals surface area contributed by atoms with Crippen LogP contribution in [0.15, 0.2) is 29.2 Å². The Kier molecular flexibility index (Phi) is 6.05. The van der Waals surface area contributed by atoms with Crippen LogP contribution in [0.4, 0.5) is 0 Å². The number of rotatable bonds is 4. The first-order valence-electron chi connectivity index (χ1n) is 8.77. The summed E-state index contributed by atoms with van der Waals surface area (Å²) in [4.78, 5) is 25.4. The van der Waals surface area contributed by atoms with Crippen molar-refractivity contribution in [3.8, 4) is 0 Å². The van der Waals surface area contributed by atoms with Crippen molar-refractivity contribution in [1.82, 2.24) is 19.6 Å². The zero-order chi connectivity index (χ0) is 18.5. The van der Waals surface area contributed by atoms with Crippen LogP contribution >= 0.6 is 11.3 Å². The van der Waals surface area contributed by atoms with E-state index in [-0.39, 0.29) is 12.4 Å². The number of carbonyl (C=O) groups is 2. The van der Waals surface area contributed by atoms with E-state index in [4.69, 9.17) is 9.90 Å². The molecule has 7 nitrogen and oxygen atoms in total. The van der Waals surface area contributed by atoms with Gasteiger partial charge in [-0.05, 0) is 30.2 Å². The maximum Gasteiger partial charge on any atom is 0.290 e. The SMILES string of the molecule is CCn1cc(CN2CC3CN(C(=O)c4ccsc4)CC3C2)cn1.O=CO. The van der Waals surface area contributed by atoms with Crippen molar-refractivity contribution in [3.05, 3.63) is 40.3 Å². The van der Waals surface area contributed by atoms with Gasteiger partial charge in [0.05, 0.1) is 11.8 Å². The van der Waals surface area contributed by atoms with E-state index < -0.39 is 0 Å². The summed E-state index contributed by atoms with van der Waals surface area (Å²) in [5.41, 5.74) is 2.14. The van der Waals surface area contributed by atoms with Gasteiger partial charge in [-0.3, -0.25) is 19.2 Å². The van der Waals surface area contributed by atoms with E-state index in [1.807, 2.05) is 32.6 Å². The van der Waals surface area contributed by atoms with Gasteiger partial charge < -0.3 is 10.0 Å². The second kappa shape index (κ2) is 8.46. The van der Waals surface area contributed by atoms with Gasteiger partial charge in [0.25, 0.3) is 12.4 Å². The average Bonchev–Trinajstić information content (AvgIpc) is 3.39. The predicted molar refractivity (Wildman–Crippen MR) is 99.1 cm³/mol. The highest BCUT2D eigenvalue weighted by molar-refractivity contribution is 7.08. The van der Waals surface area contributed by atoms with Crippen LogP contribution < -0.4 is 0 Å². The number of likely N-dealkylation sites (tertiary alicyclic amines) is 2. The summed E-state index contributed by atoms with van der Waals surface area (Å²) in [7, 11) is 0. The van der Waals surface area contributed by atoms with Crippen LogP contribution in [0, 0.1) is 11.8 Å². The number of nitrogens with zero attached hydrogens (tertiary/aromatic N) is 4. The molecule has 0 aliphatic carbocycles. The monoisotopic (exact) mass is 376 g/mol. The highest BCUT2D eigenvalue weighted by Gasteiger charge is 2.41. The van der Waals surface area contributed by atoms with Gasteiger partial charge in [-0.1, -0.05) is 0 Å². The molecule has 0 spiro atoms. The quantitative estimate of drug-likeness (QED) is 0.824. The molecule has 2 aromatic rings. The minimum atomic E-state index is -0.250. The standard InChI is InChI=1S/C17H22N4OS.CH2O2/c1-2-21-7-13(5-18-21)6-19-8-15-10-20(11-16(15)9-19)17(22)14-3-4-23-12-14;2-1-3/h3-5,7,12,15-16H,2,6,8-11H2,1H3;1H,(H,2,3). The lowest BCUT2D eigenvalue weighted by Crippen LogP contribution is -2.32. The molecule has 2 unspecified atom stereocenters. The highest BCUT2D eigenvalue weighted by Crippen LogP contribution is 2.32. The Morgan fingerprint density at radius 3 is 2.58 bits per heavy atom. The summed E-state index contributed by atoms with van der Waals surface area (Å²) < 4.78 is 1.98. The van der Waals surface area contributed by atoms with Crippen molar-refractivity contribution in [2.45, 2.75) is 20.0 Å². The number of carboxylic acid groups (broad SMARTS) is 1. The molecule has 0 bridgehead atoms. The van der Waals surface area contributed by atoms with Gasteiger partial charge in [-0.2, -0.15) is 16.4 Å². The Bertz CT molecular complexity index is 717. The third-order valence-corrected chi connectivity index (χ3v) is 5.72. The van der Waals surface area contributed by atoms with Crippen LogP contribution in [-0.4, -0.2) is 63.2 Å². The van der Waals surface area contributed by atoms with Gasteiger partial charge >= 0.3 is 0 Å². The van der Waals surface area contributed by atoms with Crippen LogP contribution in [0.25, 0.3) is 0 Å². The van der Waals surface area contributed by atoms with Crippen molar-refractivity contribution in [1.29, 1.82) is 0 Å². The molecule has 4 rings (SSSR count). The van der Waals surface area contributed by atoms with E-state index in [1.165, 1.54) is 5.56 Å². The van der Waals surface area contributed by atoms with E-state index in [0.717, 1.165) is 44.8 Å². The summed E-state index contributed by atoms with van der Waals surface area (Å²) >= 11 is 1.59. The summed E-state index contributed by atoms with van der Waals surface area (Å²) in [6.45, 7) is 7.76. The molecule has 2 saturated heterocycles. The van der Waals surface area contributed by atoms with Crippen LogP contribution in [-0.2, 0) is 17.9 Å². The van der Waals surface area contributed by atoms with Crippen LogP contribution in [0.5, 0.6) is 0 Å². The first-order chi connectivity index (χ1) is 12.6. The van der Waals surface area contributed by atoms with E-state index in [9.17, 15) is 4.79 Å². The largest absolute Gasteiger partial charge is 0.483 e. The molecule has 4 heterocycles. The van der Waals surface area contributed by atoms with E-state index >= 15 is 0 Å². The van der Waals surface area contributed by atoms with Crippen molar-refractivity contribution in [3.63, 3.8) is 0 Å². The van der Waals surface area contributed by atoms with Gasteiger partial charge in [-0.25, -0.2) is 0 Å². The van der Waals surface area contributed by atoms with Gasteiger partial charge in [-0.15, -0.1) is 0 Å². The normalized spacial score (nSPS) is 22.0. The first kappa shape index (κ1) is 18.6. The number of aryl methyl sites for hydroxylation is 1. The molecular formula is C18H24N4O3S. The fourth-order valence-corrected chi connectivity index (χ4v) is 4.50. The van der Waals surface area contributed by atoms with Crippen LogP contribution in [0.3, 0.4) is 0 Å². The molecule has 2 aromatic heterocycles. The Balaban J connectivity index is 0.000000613. The molecule has 26 heavy (non-hydrogen) atoms. The maximum absolute atomic E-state index is 12.5. The number of carbonyl (C=O) groups excluding carboxylic acids is 1. The van der Waals surface area contributed by atoms with Crippen LogP contribution in [0.1, 0.15) is 22.8 Å². The highest BCUT2D eigenvalue weighted by atomic mass is 32.1. The number of fused-ring (bicyclic) bond motifs is 1. The second-order valence-corrected chi connectivity index (χ2v) is 7.53. The molecule has 1 amide bonds. The number of amides is 1. The Hall–Kier alpha value is -2.19. The Labute approximate surface area is 156 Å². The number of aromatic nitrogens is 2. The van der Waals surface area contributed by atoms with Crippen molar-refractivity contribution < 1.29 is 14.7 Å². The molecule has 0 saturated carbocycles. The predicted octanol–water partition coefficient (Wildman–Crippen LogP) is 1.87. The molecule has 2 atom stereocenters. The summed E-state index contributed by atoms with van der Waals surface area (Å²) in [6.07, 6.45) is 4.12.